The first-order valence-corrected chi connectivity index (χ1v) is 7.73. The zero-order valence-electron chi connectivity index (χ0n) is 11.4. The van der Waals surface area contributed by atoms with Gasteiger partial charge in [-0.25, -0.2) is 4.98 Å². The first-order chi connectivity index (χ1) is 9.22. The lowest BCUT2D eigenvalue weighted by Gasteiger charge is -2.35. The second-order valence-electron chi connectivity index (χ2n) is 4.96. The van der Waals surface area contributed by atoms with Crippen LogP contribution in [-0.4, -0.2) is 48.5 Å². The van der Waals surface area contributed by atoms with Crippen LogP contribution in [0.1, 0.15) is 19.8 Å². The molecule has 1 fully saturated rings. The molecule has 19 heavy (non-hydrogen) atoms. The van der Waals surface area contributed by atoms with Gasteiger partial charge in [-0.15, -0.1) is 11.3 Å². The molecule has 0 aliphatic carbocycles. The Morgan fingerprint density at radius 1 is 1.47 bits per heavy atom. The molecule has 106 valence electrons. The van der Waals surface area contributed by atoms with Crippen LogP contribution < -0.4 is 10.6 Å². The van der Waals surface area contributed by atoms with Crippen molar-refractivity contribution in [2.24, 2.45) is 11.7 Å². The van der Waals surface area contributed by atoms with Crippen LogP contribution >= 0.6 is 11.3 Å². The van der Waals surface area contributed by atoms with E-state index in [2.05, 4.69) is 9.88 Å². The highest BCUT2D eigenvalue weighted by atomic mass is 32.1. The molecule has 5 nitrogen and oxygen atoms in total. The standard InChI is InChI=1S/C13H22N4OS/c1-11(3-2-4-14)12(18)16-6-8-17(9-7-16)13-15-5-10-19-13/h5,10-11H,2-4,6-9,14H2,1H3. The van der Waals surface area contributed by atoms with Crippen molar-refractivity contribution < 1.29 is 4.79 Å². The summed E-state index contributed by atoms with van der Waals surface area (Å²) in [7, 11) is 0. The van der Waals surface area contributed by atoms with Crippen LogP contribution in [0.4, 0.5) is 5.13 Å². The van der Waals surface area contributed by atoms with Crippen molar-refractivity contribution in [2.75, 3.05) is 37.6 Å². The second kappa shape index (κ2) is 6.86. The number of nitrogens with two attached hydrogens (primary N) is 1. The lowest BCUT2D eigenvalue weighted by molar-refractivity contribution is -0.135. The summed E-state index contributed by atoms with van der Waals surface area (Å²) in [5, 5.41) is 3.05. The number of rotatable bonds is 5. The summed E-state index contributed by atoms with van der Waals surface area (Å²) < 4.78 is 0. The minimum absolute atomic E-state index is 0.0926. The van der Waals surface area contributed by atoms with Crippen LogP contribution in [0.15, 0.2) is 11.6 Å². The molecule has 1 atom stereocenters. The minimum Gasteiger partial charge on any atom is -0.345 e. The van der Waals surface area contributed by atoms with Crippen molar-refractivity contribution in [3.05, 3.63) is 11.6 Å². The van der Waals surface area contributed by atoms with E-state index in [1.807, 2.05) is 23.4 Å². The van der Waals surface area contributed by atoms with Gasteiger partial charge >= 0.3 is 0 Å². The molecule has 2 N–H and O–H groups in total. The summed E-state index contributed by atoms with van der Waals surface area (Å²) in [6.45, 7) is 6.02. The number of piperazine rings is 1. The highest BCUT2D eigenvalue weighted by Crippen LogP contribution is 2.20. The van der Waals surface area contributed by atoms with Crippen LogP contribution in [0.2, 0.25) is 0 Å². The molecule has 6 heteroatoms. The molecule has 0 saturated carbocycles. The third-order valence-electron chi connectivity index (χ3n) is 3.54. The number of carbonyl (C=O) groups excluding carboxylic acids is 1. The highest BCUT2D eigenvalue weighted by Gasteiger charge is 2.25. The van der Waals surface area contributed by atoms with Crippen molar-refractivity contribution in [1.82, 2.24) is 9.88 Å². The van der Waals surface area contributed by atoms with Crippen LogP contribution in [0.5, 0.6) is 0 Å². The Hall–Kier alpha value is -1.14. The summed E-state index contributed by atoms with van der Waals surface area (Å²) in [5.41, 5.74) is 5.49. The summed E-state index contributed by atoms with van der Waals surface area (Å²) >= 11 is 1.65. The van der Waals surface area contributed by atoms with Crippen LogP contribution in [0.3, 0.4) is 0 Å². The summed E-state index contributed by atoms with van der Waals surface area (Å²) in [5.74, 6) is 0.363. The van der Waals surface area contributed by atoms with Gasteiger partial charge in [0.1, 0.15) is 0 Å². The third-order valence-corrected chi connectivity index (χ3v) is 4.38. The minimum atomic E-state index is 0.0926. The Kier molecular flexibility index (Phi) is 5.15. The van der Waals surface area contributed by atoms with E-state index in [0.29, 0.717) is 6.54 Å². The Labute approximate surface area is 118 Å². The molecular weight excluding hydrogens is 260 g/mol. The summed E-state index contributed by atoms with van der Waals surface area (Å²) in [6.07, 6.45) is 3.64. The van der Waals surface area contributed by atoms with Crippen molar-refractivity contribution in [3.8, 4) is 0 Å². The molecule has 0 radical (unpaired) electrons. The van der Waals surface area contributed by atoms with Gasteiger partial charge in [0.25, 0.3) is 0 Å². The maximum atomic E-state index is 12.3. The fourth-order valence-electron chi connectivity index (χ4n) is 2.35. The van der Waals surface area contributed by atoms with Gasteiger partial charge < -0.3 is 15.5 Å². The monoisotopic (exact) mass is 282 g/mol. The lowest BCUT2D eigenvalue weighted by Crippen LogP contribution is -2.50. The first kappa shape index (κ1) is 14.3. The van der Waals surface area contributed by atoms with E-state index in [1.165, 1.54) is 0 Å². The van der Waals surface area contributed by atoms with E-state index in [4.69, 9.17) is 5.73 Å². The molecule has 1 saturated heterocycles. The van der Waals surface area contributed by atoms with Crippen molar-refractivity contribution in [1.29, 1.82) is 0 Å². The van der Waals surface area contributed by atoms with Gasteiger partial charge in [0, 0.05) is 43.7 Å². The van der Waals surface area contributed by atoms with Crippen molar-refractivity contribution in [2.45, 2.75) is 19.8 Å². The number of amides is 1. The van der Waals surface area contributed by atoms with E-state index in [1.54, 1.807) is 11.3 Å². The SMILES string of the molecule is CC(CCCN)C(=O)N1CCN(c2nccs2)CC1. The number of thiazole rings is 1. The smallest absolute Gasteiger partial charge is 0.225 e. The average Bonchev–Trinajstić information content (AvgIpc) is 2.98. The average molecular weight is 282 g/mol. The van der Waals surface area contributed by atoms with Crippen LogP contribution in [-0.2, 0) is 4.79 Å². The summed E-state index contributed by atoms with van der Waals surface area (Å²) in [4.78, 5) is 20.8. The Balaban J connectivity index is 1.81. The fraction of sp³-hybridized carbons (Fsp3) is 0.692. The Bertz CT molecular complexity index is 387. The van der Waals surface area contributed by atoms with E-state index in [0.717, 1.165) is 44.2 Å². The molecular formula is C13H22N4OS. The molecule has 0 aromatic carbocycles. The lowest BCUT2D eigenvalue weighted by atomic mass is 10.0. The molecule has 0 spiro atoms. The van der Waals surface area contributed by atoms with Crippen molar-refractivity contribution >= 4 is 22.4 Å². The molecule has 0 bridgehead atoms. The van der Waals surface area contributed by atoms with E-state index in [-0.39, 0.29) is 11.8 Å². The molecule has 2 rings (SSSR count). The number of hydrogen-bond donors (Lipinski definition) is 1. The van der Waals surface area contributed by atoms with Gasteiger partial charge in [0.2, 0.25) is 5.91 Å². The zero-order chi connectivity index (χ0) is 13.7. The van der Waals surface area contributed by atoms with E-state index >= 15 is 0 Å². The van der Waals surface area contributed by atoms with Gasteiger partial charge in [-0.05, 0) is 19.4 Å². The third kappa shape index (κ3) is 3.67. The maximum Gasteiger partial charge on any atom is 0.225 e. The number of nitrogens with zero attached hydrogens (tertiary/aromatic N) is 3. The predicted octanol–water partition coefficient (Wildman–Crippen LogP) is 1.17. The second-order valence-corrected chi connectivity index (χ2v) is 5.83. The van der Waals surface area contributed by atoms with Crippen LogP contribution in [0, 0.1) is 5.92 Å². The van der Waals surface area contributed by atoms with E-state index in [9.17, 15) is 4.79 Å². The van der Waals surface area contributed by atoms with Gasteiger partial charge in [0.15, 0.2) is 5.13 Å². The van der Waals surface area contributed by atoms with Gasteiger partial charge in [-0.3, -0.25) is 4.79 Å². The Morgan fingerprint density at radius 2 is 2.21 bits per heavy atom. The normalized spacial score (nSPS) is 17.6. The molecule has 1 unspecified atom stereocenters. The number of anilines is 1. The molecule has 1 aromatic rings. The zero-order valence-corrected chi connectivity index (χ0v) is 12.2. The van der Waals surface area contributed by atoms with Gasteiger partial charge in [-0.1, -0.05) is 6.92 Å². The summed E-state index contributed by atoms with van der Waals surface area (Å²) in [6, 6.07) is 0. The first-order valence-electron chi connectivity index (χ1n) is 6.85. The molecule has 2 heterocycles. The quantitative estimate of drug-likeness (QED) is 0.880. The largest absolute Gasteiger partial charge is 0.345 e. The number of aromatic nitrogens is 1. The van der Waals surface area contributed by atoms with Crippen LogP contribution in [0.25, 0.3) is 0 Å². The fourth-order valence-corrected chi connectivity index (χ4v) is 3.05. The molecule has 1 aliphatic heterocycles. The maximum absolute atomic E-state index is 12.3. The van der Waals surface area contributed by atoms with E-state index < -0.39 is 0 Å². The van der Waals surface area contributed by atoms with Gasteiger partial charge in [0.05, 0.1) is 0 Å². The number of carbonyl (C=O) groups is 1. The van der Waals surface area contributed by atoms with Crippen molar-refractivity contribution in [3.63, 3.8) is 0 Å². The Morgan fingerprint density at radius 3 is 2.79 bits per heavy atom. The highest BCUT2D eigenvalue weighted by molar-refractivity contribution is 7.13. The predicted molar refractivity (Wildman–Crippen MR) is 78.4 cm³/mol. The molecule has 1 aromatic heterocycles. The molecule has 1 amide bonds. The topological polar surface area (TPSA) is 62.5 Å². The molecule has 1 aliphatic rings. The number of hydrogen-bond acceptors (Lipinski definition) is 5. The van der Waals surface area contributed by atoms with Gasteiger partial charge in [-0.2, -0.15) is 0 Å².